The van der Waals surface area contributed by atoms with Crippen LogP contribution in [0.15, 0.2) is 12.3 Å². The van der Waals surface area contributed by atoms with Crippen molar-refractivity contribution in [1.29, 1.82) is 0 Å². The van der Waals surface area contributed by atoms with E-state index in [2.05, 4.69) is 29.0 Å². The van der Waals surface area contributed by atoms with Gasteiger partial charge in [0.1, 0.15) is 5.82 Å². The number of aromatic nitrogens is 1. The van der Waals surface area contributed by atoms with E-state index in [-0.39, 0.29) is 6.04 Å². The first-order chi connectivity index (χ1) is 8.81. The van der Waals surface area contributed by atoms with Crippen LogP contribution in [0, 0.1) is 5.92 Å². The number of carbonyl (C=O) groups is 1. The largest absolute Gasteiger partial charge is 0.397 e. The van der Waals surface area contributed by atoms with Crippen molar-refractivity contribution >= 4 is 17.4 Å². The predicted molar refractivity (Wildman–Crippen MR) is 78.0 cm³/mol. The second-order valence-corrected chi connectivity index (χ2v) is 5.28. The lowest BCUT2D eigenvalue weighted by Crippen LogP contribution is -2.36. The number of hydrogen-bond acceptors (Lipinski definition) is 5. The van der Waals surface area contributed by atoms with Crippen LogP contribution in [0.2, 0.25) is 0 Å². The van der Waals surface area contributed by atoms with Gasteiger partial charge in [-0.15, -0.1) is 0 Å². The number of hydrogen-bond donors (Lipinski definition) is 3. The van der Waals surface area contributed by atoms with E-state index in [1.165, 1.54) is 6.20 Å². The lowest BCUT2D eigenvalue weighted by atomic mass is 10.0. The molecule has 0 saturated heterocycles. The molecule has 0 aliphatic rings. The number of primary amides is 1. The third kappa shape index (κ3) is 4.40. The van der Waals surface area contributed by atoms with Gasteiger partial charge in [-0.3, -0.25) is 4.79 Å². The number of nitrogen functional groups attached to an aromatic ring is 1. The van der Waals surface area contributed by atoms with Crippen LogP contribution in [0.4, 0.5) is 11.5 Å². The molecule has 1 atom stereocenters. The number of pyridine rings is 1. The molecule has 0 aromatic carbocycles. The van der Waals surface area contributed by atoms with Gasteiger partial charge < -0.3 is 21.7 Å². The van der Waals surface area contributed by atoms with Crippen LogP contribution in [0.25, 0.3) is 0 Å². The van der Waals surface area contributed by atoms with Crippen molar-refractivity contribution < 1.29 is 4.79 Å². The lowest BCUT2D eigenvalue weighted by molar-refractivity contribution is 0.100. The third-order valence-electron chi connectivity index (χ3n) is 2.90. The van der Waals surface area contributed by atoms with Crippen molar-refractivity contribution in [2.45, 2.75) is 19.9 Å². The molecule has 0 bridgehead atoms. The number of carbonyl (C=O) groups excluding carboxylic acids is 1. The summed E-state index contributed by atoms with van der Waals surface area (Å²) in [6, 6.07) is 1.83. The molecule has 106 valence electrons. The molecule has 0 aliphatic heterocycles. The first-order valence-electron chi connectivity index (χ1n) is 6.27. The molecule has 6 heteroatoms. The van der Waals surface area contributed by atoms with Crippen LogP contribution in [0.5, 0.6) is 0 Å². The van der Waals surface area contributed by atoms with E-state index >= 15 is 0 Å². The highest BCUT2D eigenvalue weighted by molar-refractivity contribution is 5.98. The molecule has 0 aliphatic carbocycles. The molecule has 6 nitrogen and oxygen atoms in total. The summed E-state index contributed by atoms with van der Waals surface area (Å²) >= 11 is 0. The van der Waals surface area contributed by atoms with Gasteiger partial charge in [0, 0.05) is 12.6 Å². The molecule has 19 heavy (non-hydrogen) atoms. The molecule has 1 amide bonds. The quantitative estimate of drug-likeness (QED) is 0.705. The van der Waals surface area contributed by atoms with Gasteiger partial charge in [0.25, 0.3) is 5.91 Å². The topological polar surface area (TPSA) is 97.3 Å². The highest BCUT2D eigenvalue weighted by Gasteiger charge is 2.16. The monoisotopic (exact) mass is 265 g/mol. The van der Waals surface area contributed by atoms with E-state index < -0.39 is 5.91 Å². The minimum absolute atomic E-state index is 0.229. The Balaban J connectivity index is 2.90. The number of nitrogens with one attached hydrogen (secondary N) is 1. The fraction of sp³-hybridized carbons (Fsp3) is 0.538. The molecule has 1 rings (SSSR count). The number of rotatable bonds is 6. The number of nitrogens with two attached hydrogens (primary N) is 2. The molecular weight excluding hydrogens is 242 g/mol. The van der Waals surface area contributed by atoms with Crippen molar-refractivity contribution in [3.63, 3.8) is 0 Å². The molecule has 0 spiro atoms. The summed E-state index contributed by atoms with van der Waals surface area (Å²) in [6.45, 7) is 5.14. The molecule has 5 N–H and O–H groups in total. The molecule has 0 saturated carbocycles. The van der Waals surface area contributed by atoms with Gasteiger partial charge in [0.05, 0.1) is 17.4 Å². The highest BCUT2D eigenvalue weighted by Crippen LogP contribution is 2.17. The summed E-state index contributed by atoms with van der Waals surface area (Å²) in [4.78, 5) is 17.5. The van der Waals surface area contributed by atoms with Gasteiger partial charge >= 0.3 is 0 Å². The van der Waals surface area contributed by atoms with Crippen molar-refractivity contribution in [3.05, 3.63) is 17.8 Å². The maximum atomic E-state index is 11.2. The summed E-state index contributed by atoms with van der Waals surface area (Å²) in [5, 5.41) is 3.32. The highest BCUT2D eigenvalue weighted by atomic mass is 16.1. The Bertz CT molecular complexity index is 445. The fourth-order valence-electron chi connectivity index (χ4n) is 1.76. The average molecular weight is 265 g/mol. The molecule has 1 heterocycles. The van der Waals surface area contributed by atoms with Crippen LogP contribution in [0.1, 0.15) is 24.2 Å². The van der Waals surface area contributed by atoms with Gasteiger partial charge in [0.15, 0.2) is 0 Å². The average Bonchev–Trinajstić information content (AvgIpc) is 2.29. The van der Waals surface area contributed by atoms with E-state index in [0.717, 1.165) is 6.54 Å². The van der Waals surface area contributed by atoms with E-state index in [0.29, 0.717) is 23.0 Å². The van der Waals surface area contributed by atoms with Gasteiger partial charge in [-0.1, -0.05) is 13.8 Å². The smallest absolute Gasteiger partial charge is 0.250 e. The van der Waals surface area contributed by atoms with Crippen molar-refractivity contribution in [2.75, 3.05) is 31.7 Å². The standard InChI is InChI=1S/C13H23N5O/c1-8(2)11(7-18(3)4)17-12-5-9(13(15)19)10(14)6-16-12/h5-6,8,11H,7,14H2,1-4H3,(H2,15,19)(H,16,17). The maximum absolute atomic E-state index is 11.2. The first kappa shape index (κ1) is 15.2. The number of likely N-dealkylation sites (N-methyl/N-ethyl adjacent to an activating group) is 1. The summed E-state index contributed by atoms with van der Waals surface area (Å²) < 4.78 is 0. The molecule has 0 fully saturated rings. The maximum Gasteiger partial charge on any atom is 0.250 e. The Morgan fingerprint density at radius 1 is 1.47 bits per heavy atom. The zero-order valence-corrected chi connectivity index (χ0v) is 12.0. The molecular formula is C13H23N5O. The fourth-order valence-corrected chi connectivity index (χ4v) is 1.76. The van der Waals surface area contributed by atoms with Crippen molar-refractivity contribution in [2.24, 2.45) is 11.7 Å². The Morgan fingerprint density at radius 3 is 2.58 bits per heavy atom. The Labute approximate surface area is 114 Å². The Hall–Kier alpha value is -1.82. The van der Waals surface area contributed by atoms with E-state index in [4.69, 9.17) is 11.5 Å². The summed E-state index contributed by atoms with van der Waals surface area (Å²) in [5.74, 6) is 0.499. The molecule has 1 aromatic heterocycles. The zero-order chi connectivity index (χ0) is 14.6. The first-order valence-corrected chi connectivity index (χ1v) is 6.27. The molecule has 0 radical (unpaired) electrons. The van der Waals surface area contributed by atoms with Gasteiger partial charge in [-0.25, -0.2) is 4.98 Å². The second kappa shape index (κ2) is 6.38. The number of anilines is 2. The summed E-state index contributed by atoms with van der Waals surface area (Å²) in [6.07, 6.45) is 1.45. The Kier molecular flexibility index (Phi) is 5.11. The van der Waals surface area contributed by atoms with Crippen LogP contribution in [-0.4, -0.2) is 42.5 Å². The van der Waals surface area contributed by atoms with Crippen LogP contribution < -0.4 is 16.8 Å². The summed E-state index contributed by atoms with van der Waals surface area (Å²) in [5.41, 5.74) is 11.5. The lowest BCUT2D eigenvalue weighted by Gasteiger charge is -2.26. The van der Waals surface area contributed by atoms with Gasteiger partial charge in [0.2, 0.25) is 0 Å². The zero-order valence-electron chi connectivity index (χ0n) is 12.0. The minimum atomic E-state index is -0.545. The number of amides is 1. The van der Waals surface area contributed by atoms with Crippen LogP contribution in [0.3, 0.4) is 0 Å². The van der Waals surface area contributed by atoms with Gasteiger partial charge in [-0.2, -0.15) is 0 Å². The third-order valence-corrected chi connectivity index (χ3v) is 2.90. The van der Waals surface area contributed by atoms with Gasteiger partial charge in [-0.05, 0) is 26.1 Å². The van der Waals surface area contributed by atoms with E-state index in [1.54, 1.807) is 6.07 Å². The Morgan fingerprint density at radius 2 is 2.11 bits per heavy atom. The van der Waals surface area contributed by atoms with Crippen LogP contribution in [-0.2, 0) is 0 Å². The van der Waals surface area contributed by atoms with E-state index in [9.17, 15) is 4.79 Å². The molecule has 1 unspecified atom stereocenters. The second-order valence-electron chi connectivity index (χ2n) is 5.28. The minimum Gasteiger partial charge on any atom is -0.397 e. The van der Waals surface area contributed by atoms with Crippen molar-refractivity contribution in [1.82, 2.24) is 9.88 Å². The number of nitrogens with zero attached hydrogens (tertiary/aromatic N) is 2. The van der Waals surface area contributed by atoms with E-state index in [1.807, 2.05) is 14.1 Å². The normalized spacial score (nSPS) is 12.7. The van der Waals surface area contributed by atoms with Crippen LogP contribution >= 0.6 is 0 Å². The predicted octanol–water partition coefficient (Wildman–Crippen LogP) is 0.761. The van der Waals surface area contributed by atoms with Crippen molar-refractivity contribution in [3.8, 4) is 0 Å². The SMILES string of the molecule is CC(C)C(CN(C)C)Nc1cc(C(N)=O)c(N)cn1. The summed E-state index contributed by atoms with van der Waals surface area (Å²) in [7, 11) is 4.03. The molecule has 1 aromatic rings.